The monoisotopic (exact) mass is 305 g/mol. The Balaban J connectivity index is 2.32. The van der Waals surface area contributed by atoms with E-state index in [9.17, 15) is 14.7 Å². The van der Waals surface area contributed by atoms with Crippen molar-refractivity contribution in [1.29, 1.82) is 0 Å². The van der Waals surface area contributed by atoms with E-state index < -0.39 is 6.04 Å². The van der Waals surface area contributed by atoms with Gasteiger partial charge < -0.3 is 15.7 Å². The van der Waals surface area contributed by atoms with Gasteiger partial charge in [0.1, 0.15) is 11.8 Å². The van der Waals surface area contributed by atoms with Crippen molar-refractivity contribution < 1.29 is 14.7 Å². The van der Waals surface area contributed by atoms with Gasteiger partial charge in [0.25, 0.3) is 0 Å². The number of hydrogen-bond acceptors (Lipinski definition) is 4. The Labute approximate surface area is 130 Å². The smallest absolute Gasteiger partial charge is 0.241 e. The molecule has 120 valence electrons. The van der Waals surface area contributed by atoms with Gasteiger partial charge in [0, 0.05) is 20.1 Å². The Morgan fingerprint density at radius 2 is 2.23 bits per heavy atom. The van der Waals surface area contributed by atoms with Crippen LogP contribution in [-0.2, 0) is 9.59 Å². The predicted octanol–water partition coefficient (Wildman–Crippen LogP) is 0.780. The number of likely N-dealkylation sites (tertiary alicyclic amines) is 1. The number of carbonyl (C=O) groups excluding carboxylic acids is 2. The molecule has 0 bridgehead atoms. The summed E-state index contributed by atoms with van der Waals surface area (Å²) in [7, 11) is 1.58. The van der Waals surface area contributed by atoms with Gasteiger partial charge in [-0.1, -0.05) is 12.1 Å². The first-order chi connectivity index (χ1) is 10.6. The van der Waals surface area contributed by atoms with Gasteiger partial charge in [0.05, 0.1) is 6.04 Å². The Bertz CT molecular complexity index is 547. The minimum Gasteiger partial charge on any atom is -0.508 e. The largest absolute Gasteiger partial charge is 0.508 e. The van der Waals surface area contributed by atoms with Crippen LogP contribution in [0.1, 0.15) is 31.4 Å². The van der Waals surface area contributed by atoms with E-state index in [-0.39, 0.29) is 23.6 Å². The van der Waals surface area contributed by atoms with Crippen molar-refractivity contribution in [2.24, 2.45) is 0 Å². The summed E-state index contributed by atoms with van der Waals surface area (Å²) in [5.41, 5.74) is 0.690. The van der Waals surface area contributed by atoms with Crippen LogP contribution >= 0.6 is 0 Å². The maximum atomic E-state index is 12.4. The first kappa shape index (κ1) is 16.3. The molecule has 2 rings (SSSR count). The van der Waals surface area contributed by atoms with Crippen LogP contribution in [0.25, 0.3) is 0 Å². The Morgan fingerprint density at radius 1 is 1.45 bits per heavy atom. The second kappa shape index (κ2) is 7.26. The first-order valence-corrected chi connectivity index (χ1v) is 7.62. The van der Waals surface area contributed by atoms with E-state index in [2.05, 4.69) is 10.6 Å². The van der Waals surface area contributed by atoms with Crippen molar-refractivity contribution in [2.75, 3.05) is 20.1 Å². The first-order valence-electron chi connectivity index (χ1n) is 7.62. The number of rotatable bonds is 5. The summed E-state index contributed by atoms with van der Waals surface area (Å²) >= 11 is 0. The van der Waals surface area contributed by atoms with E-state index in [1.807, 2.05) is 11.8 Å². The van der Waals surface area contributed by atoms with Crippen molar-refractivity contribution in [2.45, 2.75) is 31.8 Å². The van der Waals surface area contributed by atoms with Gasteiger partial charge in [0.2, 0.25) is 11.8 Å². The van der Waals surface area contributed by atoms with Crippen molar-refractivity contribution >= 4 is 11.8 Å². The molecule has 0 aromatic heterocycles. The predicted molar refractivity (Wildman–Crippen MR) is 83.3 cm³/mol. The second-order valence-corrected chi connectivity index (χ2v) is 5.40. The number of phenolic OH excluding ortho intramolecular Hbond substituents is 1. The number of nitrogens with one attached hydrogen (secondary N) is 2. The zero-order chi connectivity index (χ0) is 16.1. The third-order valence-electron chi connectivity index (χ3n) is 3.96. The highest BCUT2D eigenvalue weighted by Gasteiger charge is 2.38. The molecule has 22 heavy (non-hydrogen) atoms. The summed E-state index contributed by atoms with van der Waals surface area (Å²) in [5, 5.41) is 15.2. The van der Waals surface area contributed by atoms with Crippen LogP contribution in [0, 0.1) is 0 Å². The number of hydrogen-bond donors (Lipinski definition) is 3. The highest BCUT2D eigenvalue weighted by Crippen LogP contribution is 2.31. The molecule has 3 N–H and O–H groups in total. The highest BCUT2D eigenvalue weighted by molar-refractivity contribution is 5.86. The Kier molecular flexibility index (Phi) is 5.38. The normalized spacial score (nSPS) is 19.6. The number of phenols is 1. The average molecular weight is 305 g/mol. The molecular formula is C16H23N3O3. The van der Waals surface area contributed by atoms with E-state index >= 15 is 0 Å². The highest BCUT2D eigenvalue weighted by atomic mass is 16.3. The molecule has 1 aliphatic rings. The van der Waals surface area contributed by atoms with Gasteiger partial charge in [-0.05, 0) is 37.5 Å². The van der Waals surface area contributed by atoms with E-state index in [4.69, 9.17) is 0 Å². The summed E-state index contributed by atoms with van der Waals surface area (Å²) in [6.07, 6.45) is 1.60. The van der Waals surface area contributed by atoms with Crippen LogP contribution in [0.5, 0.6) is 5.75 Å². The van der Waals surface area contributed by atoms with Crippen molar-refractivity contribution in [1.82, 2.24) is 15.5 Å². The number of aromatic hydroxyl groups is 1. The van der Waals surface area contributed by atoms with Crippen molar-refractivity contribution in [3.8, 4) is 5.75 Å². The fourth-order valence-electron chi connectivity index (χ4n) is 3.00. The number of amides is 2. The molecule has 1 saturated heterocycles. The molecule has 6 heteroatoms. The Hall–Kier alpha value is -2.08. The standard InChI is InChI=1S/C16H23N3O3/c1-3-18-15(21)13-8-5-9-19(13)14(16(22)17-2)11-6-4-7-12(20)10-11/h4,6-7,10,13-14,20H,3,5,8-9H2,1-2H3,(H,17,22)(H,18,21). The van der Waals surface area contributed by atoms with Crippen LogP contribution < -0.4 is 10.6 Å². The van der Waals surface area contributed by atoms with Crippen molar-refractivity contribution in [3.63, 3.8) is 0 Å². The number of likely N-dealkylation sites (N-methyl/N-ethyl adjacent to an activating group) is 2. The third-order valence-corrected chi connectivity index (χ3v) is 3.96. The zero-order valence-electron chi connectivity index (χ0n) is 13.0. The number of benzene rings is 1. The number of nitrogens with zero attached hydrogens (tertiary/aromatic N) is 1. The molecular weight excluding hydrogens is 282 g/mol. The average Bonchev–Trinajstić information content (AvgIpc) is 2.97. The summed E-state index contributed by atoms with van der Waals surface area (Å²) in [6, 6.07) is 5.75. The van der Waals surface area contributed by atoms with Crippen LogP contribution in [0.15, 0.2) is 24.3 Å². The van der Waals surface area contributed by atoms with E-state index in [1.165, 1.54) is 0 Å². The summed E-state index contributed by atoms with van der Waals surface area (Å²) < 4.78 is 0. The topological polar surface area (TPSA) is 81.7 Å². The molecule has 0 saturated carbocycles. The lowest BCUT2D eigenvalue weighted by Crippen LogP contribution is -2.48. The fraction of sp³-hybridized carbons (Fsp3) is 0.500. The minimum atomic E-state index is -0.577. The van der Waals surface area contributed by atoms with Crippen molar-refractivity contribution in [3.05, 3.63) is 29.8 Å². The molecule has 2 amide bonds. The van der Waals surface area contributed by atoms with Gasteiger partial charge in [-0.2, -0.15) is 0 Å². The lowest BCUT2D eigenvalue weighted by molar-refractivity contribution is -0.131. The quantitative estimate of drug-likeness (QED) is 0.751. The molecule has 1 fully saturated rings. The third kappa shape index (κ3) is 3.39. The zero-order valence-corrected chi connectivity index (χ0v) is 13.0. The molecule has 1 heterocycles. The molecule has 0 aliphatic carbocycles. The van der Waals surface area contributed by atoms with Crippen LogP contribution in [-0.4, -0.2) is 48.0 Å². The SMILES string of the molecule is CCNC(=O)C1CCCN1C(C(=O)NC)c1cccc(O)c1. The minimum absolute atomic E-state index is 0.0472. The lowest BCUT2D eigenvalue weighted by Gasteiger charge is -2.31. The van der Waals surface area contributed by atoms with Gasteiger partial charge in [-0.3, -0.25) is 14.5 Å². The number of carbonyl (C=O) groups is 2. The van der Waals surface area contributed by atoms with E-state index in [0.717, 1.165) is 12.8 Å². The van der Waals surface area contributed by atoms with Gasteiger partial charge in [-0.25, -0.2) is 0 Å². The second-order valence-electron chi connectivity index (χ2n) is 5.40. The molecule has 2 unspecified atom stereocenters. The summed E-state index contributed by atoms with van der Waals surface area (Å²) in [4.78, 5) is 26.5. The van der Waals surface area contributed by atoms with Gasteiger partial charge >= 0.3 is 0 Å². The molecule has 0 radical (unpaired) electrons. The Morgan fingerprint density at radius 3 is 2.86 bits per heavy atom. The summed E-state index contributed by atoms with van der Waals surface area (Å²) in [6.45, 7) is 3.12. The maximum Gasteiger partial charge on any atom is 0.241 e. The summed E-state index contributed by atoms with van der Waals surface area (Å²) in [5.74, 6) is -0.115. The van der Waals surface area contributed by atoms with Gasteiger partial charge in [-0.15, -0.1) is 0 Å². The molecule has 1 aromatic carbocycles. The van der Waals surface area contributed by atoms with E-state index in [0.29, 0.717) is 18.7 Å². The maximum absolute atomic E-state index is 12.4. The van der Waals surface area contributed by atoms with Crippen LogP contribution in [0.2, 0.25) is 0 Å². The lowest BCUT2D eigenvalue weighted by atomic mass is 10.0. The molecule has 6 nitrogen and oxygen atoms in total. The molecule has 1 aromatic rings. The fourth-order valence-corrected chi connectivity index (χ4v) is 3.00. The molecule has 0 spiro atoms. The molecule has 2 atom stereocenters. The van der Waals surface area contributed by atoms with Crippen LogP contribution in [0.3, 0.4) is 0 Å². The van der Waals surface area contributed by atoms with Crippen LogP contribution in [0.4, 0.5) is 0 Å². The van der Waals surface area contributed by atoms with E-state index in [1.54, 1.807) is 31.3 Å². The van der Waals surface area contributed by atoms with Gasteiger partial charge in [0.15, 0.2) is 0 Å². The molecule has 1 aliphatic heterocycles.